The number of aromatic nitrogens is 1. The molecule has 0 radical (unpaired) electrons. The van der Waals surface area contributed by atoms with Crippen LogP contribution in [0, 0.1) is 0 Å². The molecule has 0 saturated carbocycles. The van der Waals surface area contributed by atoms with Gasteiger partial charge in [0.1, 0.15) is 10.1 Å². The van der Waals surface area contributed by atoms with Crippen LogP contribution < -0.4 is 15.2 Å². The molecule has 0 aliphatic carbocycles. The number of benzene rings is 2. The van der Waals surface area contributed by atoms with Crippen molar-refractivity contribution in [2.24, 2.45) is 7.05 Å². The number of hydrogen-bond donors (Lipinski definition) is 0. The third-order valence-electron chi connectivity index (χ3n) is 6.57. The van der Waals surface area contributed by atoms with E-state index in [1.165, 1.54) is 11.8 Å². The second-order valence-electron chi connectivity index (χ2n) is 8.67. The Morgan fingerprint density at radius 1 is 1.08 bits per heavy atom. The zero-order chi connectivity index (χ0) is 25.2. The number of amides is 1. The molecule has 2 saturated heterocycles. The quantitative estimate of drug-likeness (QED) is 0.361. The molecule has 5 rings (SSSR count). The van der Waals surface area contributed by atoms with Gasteiger partial charge in [0.25, 0.3) is 11.5 Å². The van der Waals surface area contributed by atoms with Crippen molar-refractivity contribution in [3.05, 3.63) is 74.9 Å². The average Bonchev–Trinajstić information content (AvgIpc) is 3.18. The normalized spacial score (nSPS) is 17.4. The van der Waals surface area contributed by atoms with E-state index in [2.05, 4.69) is 4.90 Å². The number of aryl methyl sites for hydroxylation is 1. The molecule has 9 heteroatoms. The number of pyridine rings is 1. The number of anilines is 1. The smallest absolute Gasteiger partial charge is 0.266 e. The highest BCUT2D eigenvalue weighted by Gasteiger charge is 2.33. The van der Waals surface area contributed by atoms with Crippen LogP contribution in [0.4, 0.5) is 5.69 Å². The molecule has 1 amide bonds. The fourth-order valence-corrected chi connectivity index (χ4v) is 5.91. The summed E-state index contributed by atoms with van der Waals surface area (Å²) in [5.74, 6) is 0.627. The number of hydrogen-bond acceptors (Lipinski definition) is 7. The molecule has 0 bridgehead atoms. The van der Waals surface area contributed by atoms with Crippen molar-refractivity contribution in [1.29, 1.82) is 0 Å². The summed E-state index contributed by atoms with van der Waals surface area (Å²) in [5, 5.41) is 0.975. The standard InChI is InChI=1S/C27H27N3O4S2/c1-28-22-6-4-3-5-20(22)24(29-13-15-34-16-14-29)21(25(28)31)17-23-26(32)30(27(35)36-23)12-11-18-7-9-19(33-2)10-8-18/h3-10,17H,11-16H2,1-2H3. The zero-order valence-corrected chi connectivity index (χ0v) is 21.9. The Morgan fingerprint density at radius 2 is 1.81 bits per heavy atom. The van der Waals surface area contributed by atoms with Crippen LogP contribution in [-0.2, 0) is 23.0 Å². The summed E-state index contributed by atoms with van der Waals surface area (Å²) >= 11 is 6.81. The third kappa shape index (κ3) is 4.66. The maximum absolute atomic E-state index is 13.5. The molecule has 0 unspecified atom stereocenters. The van der Waals surface area contributed by atoms with E-state index in [0.29, 0.717) is 54.1 Å². The molecule has 1 aromatic heterocycles. The molecule has 2 fully saturated rings. The van der Waals surface area contributed by atoms with Crippen LogP contribution in [0.15, 0.2) is 58.2 Å². The maximum Gasteiger partial charge on any atom is 0.266 e. The summed E-state index contributed by atoms with van der Waals surface area (Å²) in [5.41, 5.74) is 3.16. The Kier molecular flexibility index (Phi) is 7.13. The second kappa shape index (κ2) is 10.5. The summed E-state index contributed by atoms with van der Waals surface area (Å²) in [7, 11) is 3.40. The van der Waals surface area contributed by atoms with E-state index < -0.39 is 0 Å². The number of carbonyl (C=O) groups excluding carboxylic acids is 1. The van der Waals surface area contributed by atoms with Gasteiger partial charge in [-0.1, -0.05) is 54.3 Å². The molecule has 3 heterocycles. The van der Waals surface area contributed by atoms with Crippen LogP contribution in [-0.4, -0.2) is 59.7 Å². The molecular weight excluding hydrogens is 494 g/mol. The monoisotopic (exact) mass is 521 g/mol. The SMILES string of the molecule is COc1ccc(CCN2C(=O)C(=Cc3c(N4CCOCC4)c4ccccc4n(C)c3=O)SC2=S)cc1. The van der Waals surface area contributed by atoms with Crippen molar-refractivity contribution in [2.45, 2.75) is 6.42 Å². The number of fused-ring (bicyclic) bond motifs is 1. The van der Waals surface area contributed by atoms with Gasteiger partial charge in [0.2, 0.25) is 0 Å². The largest absolute Gasteiger partial charge is 0.497 e. The van der Waals surface area contributed by atoms with E-state index in [9.17, 15) is 9.59 Å². The Hall–Kier alpha value is -3.14. The van der Waals surface area contributed by atoms with E-state index in [4.69, 9.17) is 21.7 Å². The summed E-state index contributed by atoms with van der Waals surface area (Å²) in [6, 6.07) is 15.7. The third-order valence-corrected chi connectivity index (χ3v) is 7.95. The highest BCUT2D eigenvalue weighted by Crippen LogP contribution is 2.36. The predicted octanol–water partition coefficient (Wildman–Crippen LogP) is 3.83. The van der Waals surface area contributed by atoms with Crippen LogP contribution in [0.3, 0.4) is 0 Å². The molecule has 3 aromatic rings. The number of para-hydroxylation sites is 1. The van der Waals surface area contributed by atoms with E-state index in [0.717, 1.165) is 27.9 Å². The Balaban J connectivity index is 1.49. The van der Waals surface area contributed by atoms with E-state index in [1.807, 2.05) is 48.5 Å². The van der Waals surface area contributed by atoms with Gasteiger partial charge in [0.05, 0.1) is 42.0 Å². The van der Waals surface area contributed by atoms with Crippen molar-refractivity contribution in [2.75, 3.05) is 44.9 Å². The van der Waals surface area contributed by atoms with Gasteiger partial charge in [-0.05, 0) is 36.3 Å². The number of morpholine rings is 1. The van der Waals surface area contributed by atoms with Crippen molar-refractivity contribution in [1.82, 2.24) is 9.47 Å². The van der Waals surface area contributed by atoms with Crippen molar-refractivity contribution in [3.63, 3.8) is 0 Å². The number of methoxy groups -OCH3 is 1. The minimum atomic E-state index is -0.165. The average molecular weight is 522 g/mol. The van der Waals surface area contributed by atoms with E-state index in [1.54, 1.807) is 29.7 Å². The van der Waals surface area contributed by atoms with Gasteiger partial charge in [0, 0.05) is 32.1 Å². The van der Waals surface area contributed by atoms with Crippen molar-refractivity contribution >= 4 is 56.9 Å². The summed E-state index contributed by atoms with van der Waals surface area (Å²) in [6.45, 7) is 3.02. The number of ether oxygens (including phenoxy) is 2. The van der Waals surface area contributed by atoms with Gasteiger partial charge in [-0.3, -0.25) is 14.5 Å². The van der Waals surface area contributed by atoms with Crippen LogP contribution in [0.1, 0.15) is 11.1 Å². The first-order chi connectivity index (χ1) is 17.5. The molecule has 186 valence electrons. The fraction of sp³-hybridized carbons (Fsp3) is 0.296. The Morgan fingerprint density at radius 3 is 2.53 bits per heavy atom. The molecule has 36 heavy (non-hydrogen) atoms. The first kappa shape index (κ1) is 24.5. The van der Waals surface area contributed by atoms with Crippen LogP contribution in [0.25, 0.3) is 17.0 Å². The van der Waals surface area contributed by atoms with Gasteiger partial charge in [-0.15, -0.1) is 0 Å². The number of thiocarbonyl (C=S) groups is 1. The molecule has 2 aliphatic rings. The molecule has 0 spiro atoms. The predicted molar refractivity (Wildman–Crippen MR) is 149 cm³/mol. The highest BCUT2D eigenvalue weighted by atomic mass is 32.2. The van der Waals surface area contributed by atoms with Crippen LogP contribution in [0.5, 0.6) is 5.75 Å². The molecular formula is C27H27N3O4S2. The maximum atomic E-state index is 13.5. The number of thioether (sulfide) groups is 1. The lowest BCUT2D eigenvalue weighted by Crippen LogP contribution is -2.38. The molecule has 0 N–H and O–H groups in total. The molecule has 0 atom stereocenters. The first-order valence-electron chi connectivity index (χ1n) is 11.8. The minimum absolute atomic E-state index is 0.140. The first-order valence-corrected chi connectivity index (χ1v) is 13.0. The topological polar surface area (TPSA) is 64.0 Å². The molecule has 2 aromatic carbocycles. The van der Waals surface area contributed by atoms with Gasteiger partial charge in [-0.25, -0.2) is 0 Å². The zero-order valence-electron chi connectivity index (χ0n) is 20.2. The van der Waals surface area contributed by atoms with Crippen LogP contribution >= 0.6 is 24.0 Å². The highest BCUT2D eigenvalue weighted by molar-refractivity contribution is 8.26. The Labute approximate surface area is 219 Å². The summed E-state index contributed by atoms with van der Waals surface area (Å²) in [4.78, 5) is 31.2. The van der Waals surface area contributed by atoms with E-state index >= 15 is 0 Å². The second-order valence-corrected chi connectivity index (χ2v) is 10.4. The lowest BCUT2D eigenvalue weighted by Gasteiger charge is -2.31. The van der Waals surface area contributed by atoms with Gasteiger partial charge >= 0.3 is 0 Å². The number of rotatable bonds is 6. The summed E-state index contributed by atoms with van der Waals surface area (Å²) in [6.07, 6.45) is 2.40. The van der Waals surface area contributed by atoms with Crippen LogP contribution in [0.2, 0.25) is 0 Å². The lowest BCUT2D eigenvalue weighted by atomic mass is 10.1. The fourth-order valence-electron chi connectivity index (χ4n) is 4.62. The van der Waals surface area contributed by atoms with Gasteiger partial charge in [-0.2, -0.15) is 0 Å². The van der Waals surface area contributed by atoms with E-state index in [-0.39, 0.29) is 11.5 Å². The number of carbonyl (C=O) groups is 1. The Bertz CT molecular complexity index is 1410. The van der Waals surface area contributed by atoms with Crippen molar-refractivity contribution in [3.8, 4) is 5.75 Å². The molecule has 2 aliphatic heterocycles. The number of nitrogens with zero attached hydrogens (tertiary/aromatic N) is 3. The lowest BCUT2D eigenvalue weighted by molar-refractivity contribution is -0.122. The minimum Gasteiger partial charge on any atom is -0.497 e. The van der Waals surface area contributed by atoms with Gasteiger partial charge < -0.3 is 18.9 Å². The van der Waals surface area contributed by atoms with Gasteiger partial charge in [0.15, 0.2) is 0 Å². The van der Waals surface area contributed by atoms with Crippen molar-refractivity contribution < 1.29 is 14.3 Å². The molecule has 7 nitrogen and oxygen atoms in total. The summed E-state index contributed by atoms with van der Waals surface area (Å²) < 4.78 is 12.9.